The molecule has 2 aromatic carbocycles. The molecule has 0 saturated carbocycles. The maximum absolute atomic E-state index is 13.4. The molecule has 0 radical (unpaired) electrons. The molecular formula is C25H27N3O4. The number of benzene rings is 2. The van der Waals surface area contributed by atoms with Gasteiger partial charge in [0.2, 0.25) is 0 Å². The van der Waals surface area contributed by atoms with Crippen LogP contribution in [0.2, 0.25) is 0 Å². The second-order valence-corrected chi connectivity index (χ2v) is 8.99. The topological polar surface area (TPSA) is 81.2 Å². The number of nitrogens with zero attached hydrogens (tertiary/aromatic N) is 3. The number of hydrogen-bond acceptors (Lipinski definition) is 5. The first-order valence-electron chi connectivity index (χ1n) is 11.2. The summed E-state index contributed by atoms with van der Waals surface area (Å²) in [6.45, 7) is 5.21. The molecule has 1 atom stereocenters. The van der Waals surface area contributed by atoms with Crippen LogP contribution >= 0.6 is 0 Å². The molecule has 2 fully saturated rings. The highest BCUT2D eigenvalue weighted by Gasteiger charge is 2.36. The molecule has 2 aromatic rings. The van der Waals surface area contributed by atoms with Crippen LogP contribution < -0.4 is 0 Å². The van der Waals surface area contributed by atoms with Crippen molar-refractivity contribution in [2.24, 2.45) is 0 Å². The first-order chi connectivity index (χ1) is 15.4. The molecule has 3 aliphatic heterocycles. The molecule has 0 aromatic heterocycles. The number of amides is 3. The molecule has 0 aliphatic carbocycles. The minimum atomic E-state index is -0.335. The van der Waals surface area contributed by atoms with Crippen molar-refractivity contribution in [1.82, 2.24) is 14.7 Å². The van der Waals surface area contributed by atoms with Gasteiger partial charge < -0.3 is 10.0 Å². The predicted octanol–water partition coefficient (Wildman–Crippen LogP) is 2.81. The van der Waals surface area contributed by atoms with Gasteiger partial charge in [0.05, 0.1) is 23.2 Å². The van der Waals surface area contributed by atoms with Crippen molar-refractivity contribution >= 4 is 17.7 Å². The molecule has 0 spiro atoms. The lowest BCUT2D eigenvalue weighted by Gasteiger charge is -2.26. The van der Waals surface area contributed by atoms with Crippen molar-refractivity contribution in [3.63, 3.8) is 0 Å². The van der Waals surface area contributed by atoms with E-state index in [2.05, 4.69) is 4.90 Å². The van der Waals surface area contributed by atoms with E-state index >= 15 is 0 Å². The number of aryl methyl sites for hydroxylation is 1. The third-order valence-electron chi connectivity index (χ3n) is 6.90. The van der Waals surface area contributed by atoms with Gasteiger partial charge in [0, 0.05) is 25.7 Å². The number of hydrogen-bond donors (Lipinski definition) is 1. The van der Waals surface area contributed by atoms with Crippen LogP contribution in [0.25, 0.3) is 0 Å². The highest BCUT2D eigenvalue weighted by atomic mass is 16.3. The quantitative estimate of drug-likeness (QED) is 0.753. The molecule has 2 saturated heterocycles. The van der Waals surface area contributed by atoms with Crippen molar-refractivity contribution < 1.29 is 19.5 Å². The Morgan fingerprint density at radius 1 is 1.03 bits per heavy atom. The van der Waals surface area contributed by atoms with Crippen LogP contribution in [0.1, 0.15) is 61.5 Å². The lowest BCUT2D eigenvalue weighted by atomic mass is 10.0. The molecule has 166 valence electrons. The first kappa shape index (κ1) is 20.7. The molecular weight excluding hydrogens is 406 g/mol. The number of imide groups is 1. The van der Waals surface area contributed by atoms with Gasteiger partial charge in [0.1, 0.15) is 5.75 Å². The van der Waals surface area contributed by atoms with Crippen molar-refractivity contribution in [2.75, 3.05) is 26.2 Å². The molecule has 3 amide bonds. The number of fused-ring (bicyclic) bond motifs is 2. The maximum Gasteiger partial charge on any atom is 0.261 e. The normalized spacial score (nSPS) is 21.0. The van der Waals surface area contributed by atoms with Gasteiger partial charge in [-0.25, -0.2) is 0 Å². The number of aromatic hydroxyl groups is 1. The molecule has 7 heteroatoms. The Morgan fingerprint density at radius 2 is 1.72 bits per heavy atom. The zero-order valence-electron chi connectivity index (χ0n) is 18.2. The van der Waals surface area contributed by atoms with Gasteiger partial charge in [-0.05, 0) is 62.1 Å². The van der Waals surface area contributed by atoms with E-state index in [4.69, 9.17) is 0 Å². The fourth-order valence-electron chi connectivity index (χ4n) is 5.24. The number of rotatable bonds is 3. The van der Waals surface area contributed by atoms with Crippen LogP contribution in [0.5, 0.6) is 5.75 Å². The summed E-state index contributed by atoms with van der Waals surface area (Å²) in [5.41, 5.74) is 2.24. The van der Waals surface area contributed by atoms with E-state index in [0.717, 1.165) is 32.4 Å². The molecule has 7 nitrogen and oxygen atoms in total. The monoisotopic (exact) mass is 433 g/mol. The van der Waals surface area contributed by atoms with Crippen LogP contribution in [0, 0.1) is 6.92 Å². The van der Waals surface area contributed by atoms with Crippen LogP contribution in [-0.4, -0.2) is 69.7 Å². The summed E-state index contributed by atoms with van der Waals surface area (Å²) in [5.74, 6) is -0.895. The Morgan fingerprint density at radius 3 is 2.44 bits per heavy atom. The standard InChI is InChI=1S/C25H27N3O4/c1-16-12-17(14-28-24(31)19-7-2-3-8-20(19)25(28)32)13-21(22(16)29)23(30)27-11-5-10-26-9-4-6-18(26)15-27/h2-3,7-8,12-13,18,29H,4-6,9-11,14-15H2,1H3. The third-order valence-corrected chi connectivity index (χ3v) is 6.90. The van der Waals surface area contributed by atoms with Crippen LogP contribution in [-0.2, 0) is 6.54 Å². The van der Waals surface area contributed by atoms with Gasteiger partial charge in [-0.3, -0.25) is 24.2 Å². The zero-order chi connectivity index (χ0) is 22.4. The van der Waals surface area contributed by atoms with E-state index < -0.39 is 0 Å². The Hall–Kier alpha value is -3.19. The van der Waals surface area contributed by atoms with E-state index in [9.17, 15) is 19.5 Å². The second kappa shape index (κ2) is 8.06. The fourth-order valence-corrected chi connectivity index (χ4v) is 5.24. The Kier molecular flexibility index (Phi) is 5.21. The summed E-state index contributed by atoms with van der Waals surface area (Å²) in [7, 11) is 0. The SMILES string of the molecule is Cc1cc(CN2C(=O)c3ccccc3C2=O)cc(C(=O)N2CCCN3CCCC3C2)c1O. The predicted molar refractivity (Wildman–Crippen MR) is 119 cm³/mol. The van der Waals surface area contributed by atoms with Crippen LogP contribution in [0.4, 0.5) is 0 Å². The molecule has 5 rings (SSSR count). The minimum absolute atomic E-state index is 0.0337. The van der Waals surface area contributed by atoms with Crippen molar-refractivity contribution in [3.05, 3.63) is 64.2 Å². The highest BCUT2D eigenvalue weighted by molar-refractivity contribution is 6.21. The highest BCUT2D eigenvalue weighted by Crippen LogP contribution is 2.30. The van der Waals surface area contributed by atoms with E-state index in [1.165, 1.54) is 4.90 Å². The van der Waals surface area contributed by atoms with Crippen molar-refractivity contribution in [1.29, 1.82) is 0 Å². The van der Waals surface area contributed by atoms with Crippen LogP contribution in [0.3, 0.4) is 0 Å². The molecule has 32 heavy (non-hydrogen) atoms. The van der Waals surface area contributed by atoms with Gasteiger partial charge in [0.15, 0.2) is 0 Å². The average Bonchev–Trinajstić information content (AvgIpc) is 3.25. The van der Waals surface area contributed by atoms with Crippen molar-refractivity contribution in [3.8, 4) is 5.75 Å². The first-order valence-corrected chi connectivity index (χ1v) is 11.2. The van der Waals surface area contributed by atoms with E-state index in [0.29, 0.717) is 41.4 Å². The summed E-state index contributed by atoms with van der Waals surface area (Å²) in [4.78, 5) is 44.4. The number of carbonyl (C=O) groups excluding carboxylic acids is 3. The van der Waals surface area contributed by atoms with Crippen molar-refractivity contribution in [2.45, 2.75) is 38.8 Å². The minimum Gasteiger partial charge on any atom is -0.507 e. The summed E-state index contributed by atoms with van der Waals surface area (Å²) in [6.07, 6.45) is 3.16. The summed E-state index contributed by atoms with van der Waals surface area (Å²) < 4.78 is 0. The van der Waals surface area contributed by atoms with E-state index in [1.807, 2.05) is 4.90 Å². The molecule has 1 unspecified atom stereocenters. The zero-order valence-corrected chi connectivity index (χ0v) is 18.2. The lowest BCUT2D eigenvalue weighted by molar-refractivity contribution is 0.0642. The Balaban J connectivity index is 1.40. The summed E-state index contributed by atoms with van der Waals surface area (Å²) in [5, 5.41) is 10.7. The van der Waals surface area contributed by atoms with Crippen LogP contribution in [0.15, 0.2) is 36.4 Å². The lowest BCUT2D eigenvalue weighted by Crippen LogP contribution is -2.39. The average molecular weight is 434 g/mol. The number of phenols is 1. The summed E-state index contributed by atoms with van der Waals surface area (Å²) >= 11 is 0. The maximum atomic E-state index is 13.4. The fraction of sp³-hybridized carbons (Fsp3) is 0.400. The van der Waals surface area contributed by atoms with Gasteiger partial charge in [0.25, 0.3) is 17.7 Å². The molecule has 3 heterocycles. The third kappa shape index (κ3) is 3.46. The van der Waals surface area contributed by atoms with E-state index in [1.54, 1.807) is 43.3 Å². The smallest absolute Gasteiger partial charge is 0.261 e. The van der Waals surface area contributed by atoms with Gasteiger partial charge in [-0.15, -0.1) is 0 Å². The molecule has 3 aliphatic rings. The largest absolute Gasteiger partial charge is 0.507 e. The number of phenolic OH excluding ortho intramolecular Hbond substituents is 1. The second-order valence-electron chi connectivity index (χ2n) is 8.99. The molecule has 0 bridgehead atoms. The van der Waals surface area contributed by atoms with E-state index in [-0.39, 0.29) is 35.6 Å². The number of carbonyl (C=O) groups is 3. The van der Waals surface area contributed by atoms with Gasteiger partial charge in [-0.1, -0.05) is 18.2 Å². The Labute approximate surface area is 187 Å². The Bertz CT molecular complexity index is 1080. The molecule has 1 N–H and O–H groups in total. The van der Waals surface area contributed by atoms with Gasteiger partial charge in [-0.2, -0.15) is 0 Å². The van der Waals surface area contributed by atoms with Gasteiger partial charge >= 0.3 is 0 Å². The summed E-state index contributed by atoms with van der Waals surface area (Å²) in [6, 6.07) is 10.5.